The Hall–Kier alpha value is -2.41. The van der Waals surface area contributed by atoms with E-state index in [0.29, 0.717) is 12.0 Å². The fourth-order valence-electron chi connectivity index (χ4n) is 1.74. The number of aldehydes is 1. The first-order valence-corrected chi connectivity index (χ1v) is 7.90. The fourth-order valence-corrected chi connectivity index (χ4v) is 2.62. The highest BCUT2D eigenvalue weighted by atomic mass is 32.2. The molecule has 1 aromatic carbocycles. The summed E-state index contributed by atoms with van der Waals surface area (Å²) in [5.74, 6) is 0.466. The van der Waals surface area contributed by atoms with Crippen molar-refractivity contribution in [3.8, 4) is 11.5 Å². The van der Waals surface area contributed by atoms with Gasteiger partial charge in [0.15, 0.2) is 12.4 Å². The molecule has 1 atom stereocenters. The van der Waals surface area contributed by atoms with E-state index in [1.54, 1.807) is 26.0 Å². The summed E-state index contributed by atoms with van der Waals surface area (Å²) in [6.07, 6.45) is 2.69. The van der Waals surface area contributed by atoms with Crippen LogP contribution in [0.5, 0.6) is 11.5 Å². The predicted octanol–water partition coefficient (Wildman–Crippen LogP) is 2.12. The number of carbonyl (C=O) groups is 1. The summed E-state index contributed by atoms with van der Waals surface area (Å²) in [5, 5.41) is 0. The zero-order chi connectivity index (χ0) is 16.2. The summed E-state index contributed by atoms with van der Waals surface area (Å²) in [6.45, 7) is 3.35. The number of rotatable bonds is 6. The van der Waals surface area contributed by atoms with Crippen molar-refractivity contribution in [2.75, 3.05) is 0 Å². The lowest BCUT2D eigenvalue weighted by molar-refractivity contribution is -0.113. The second-order valence-electron chi connectivity index (χ2n) is 4.67. The molecule has 116 valence electrons. The molecule has 0 saturated carbocycles. The van der Waals surface area contributed by atoms with E-state index in [2.05, 4.69) is 4.98 Å². The summed E-state index contributed by atoms with van der Waals surface area (Å²) in [5.41, 5.74) is 0.743. The molecule has 0 aliphatic rings. The number of hydrogen-bond donors (Lipinski definition) is 0. The van der Waals surface area contributed by atoms with Gasteiger partial charge in [0, 0.05) is 18.5 Å². The monoisotopic (exact) mass is 321 g/mol. The molecule has 0 aliphatic heterocycles. The summed E-state index contributed by atoms with van der Waals surface area (Å²) in [4.78, 5) is 14.3. The Morgan fingerprint density at radius 3 is 2.59 bits per heavy atom. The van der Waals surface area contributed by atoms with Crippen molar-refractivity contribution in [2.24, 2.45) is 0 Å². The van der Waals surface area contributed by atoms with Crippen molar-refractivity contribution in [1.29, 1.82) is 0 Å². The first kappa shape index (κ1) is 16.0. The smallest absolute Gasteiger partial charge is 0.340 e. The summed E-state index contributed by atoms with van der Waals surface area (Å²) < 4.78 is 34.7. The lowest BCUT2D eigenvalue weighted by Crippen LogP contribution is -2.13. The average molecular weight is 321 g/mol. The van der Waals surface area contributed by atoms with E-state index in [9.17, 15) is 13.2 Å². The largest absolute Gasteiger partial charge is 0.483 e. The predicted molar refractivity (Wildman–Crippen MR) is 79.4 cm³/mol. The van der Waals surface area contributed by atoms with Gasteiger partial charge in [-0.25, -0.2) is 0 Å². The van der Waals surface area contributed by atoms with Crippen molar-refractivity contribution in [1.82, 2.24) is 4.98 Å². The van der Waals surface area contributed by atoms with Crippen LogP contribution >= 0.6 is 0 Å². The molecule has 1 heterocycles. The molecule has 1 aromatic heterocycles. The van der Waals surface area contributed by atoms with Crippen molar-refractivity contribution in [2.45, 2.75) is 24.8 Å². The van der Waals surface area contributed by atoms with E-state index in [1.807, 2.05) is 0 Å². The standard InChI is InChI=1S/C15H15NO5S/c1-11-6-13(20-12(2)10-17)8-14(7-11)21-22(18,19)15-4-3-5-16-9-15/h3-10,12H,1-2H3. The van der Waals surface area contributed by atoms with Crippen LogP contribution in [0.2, 0.25) is 0 Å². The lowest BCUT2D eigenvalue weighted by atomic mass is 10.2. The van der Waals surface area contributed by atoms with Gasteiger partial charge in [-0.15, -0.1) is 0 Å². The average Bonchev–Trinajstić information content (AvgIpc) is 2.47. The van der Waals surface area contributed by atoms with Gasteiger partial charge in [0.2, 0.25) is 0 Å². The minimum atomic E-state index is -3.97. The maximum Gasteiger partial charge on any atom is 0.340 e. The summed E-state index contributed by atoms with van der Waals surface area (Å²) >= 11 is 0. The van der Waals surface area contributed by atoms with E-state index >= 15 is 0 Å². The Bertz CT molecular complexity index is 759. The molecule has 0 bridgehead atoms. The SMILES string of the molecule is Cc1cc(OC(C)C=O)cc(OS(=O)(=O)c2cccnc2)c1. The van der Waals surface area contributed by atoms with E-state index in [0.717, 1.165) is 5.56 Å². The molecule has 0 saturated heterocycles. The second kappa shape index (κ2) is 6.57. The van der Waals surface area contributed by atoms with Crippen molar-refractivity contribution in [3.05, 3.63) is 48.3 Å². The number of ether oxygens (including phenoxy) is 1. The number of hydrogen-bond acceptors (Lipinski definition) is 6. The van der Waals surface area contributed by atoms with Gasteiger partial charge in [-0.05, 0) is 43.7 Å². The maximum absolute atomic E-state index is 12.1. The first-order chi connectivity index (χ1) is 10.4. The molecular weight excluding hydrogens is 306 g/mol. The van der Waals surface area contributed by atoms with Gasteiger partial charge in [-0.3, -0.25) is 9.78 Å². The number of benzene rings is 1. The molecule has 0 N–H and O–H groups in total. The zero-order valence-corrected chi connectivity index (χ0v) is 12.9. The maximum atomic E-state index is 12.1. The molecular formula is C15H15NO5S. The zero-order valence-electron chi connectivity index (χ0n) is 12.1. The highest BCUT2D eigenvalue weighted by Gasteiger charge is 2.17. The number of nitrogens with zero attached hydrogens (tertiary/aromatic N) is 1. The molecule has 1 unspecified atom stereocenters. The highest BCUT2D eigenvalue weighted by molar-refractivity contribution is 7.87. The molecule has 0 aliphatic carbocycles. The lowest BCUT2D eigenvalue weighted by Gasteiger charge is -2.12. The number of pyridine rings is 1. The van der Waals surface area contributed by atoms with Gasteiger partial charge in [0.25, 0.3) is 0 Å². The molecule has 0 fully saturated rings. The molecule has 6 nitrogen and oxygen atoms in total. The molecule has 2 rings (SSSR count). The van der Waals surface area contributed by atoms with Gasteiger partial charge in [0.1, 0.15) is 16.4 Å². The van der Waals surface area contributed by atoms with Crippen LogP contribution in [0, 0.1) is 6.92 Å². The van der Waals surface area contributed by atoms with Gasteiger partial charge >= 0.3 is 10.1 Å². The molecule has 22 heavy (non-hydrogen) atoms. The Morgan fingerprint density at radius 1 is 1.23 bits per heavy atom. The van der Waals surface area contributed by atoms with Crippen molar-refractivity contribution < 1.29 is 22.1 Å². The normalized spacial score (nSPS) is 12.5. The second-order valence-corrected chi connectivity index (χ2v) is 6.21. The van der Waals surface area contributed by atoms with Crippen LogP contribution in [0.15, 0.2) is 47.6 Å². The van der Waals surface area contributed by atoms with Crippen LogP contribution < -0.4 is 8.92 Å². The Labute approximate surface area is 128 Å². The third kappa shape index (κ3) is 4.05. The van der Waals surface area contributed by atoms with Crippen LogP contribution in [0.1, 0.15) is 12.5 Å². The molecule has 7 heteroatoms. The minimum Gasteiger partial charge on any atom is -0.483 e. The molecule has 0 radical (unpaired) electrons. The quantitative estimate of drug-likeness (QED) is 0.599. The van der Waals surface area contributed by atoms with Gasteiger partial charge in [-0.2, -0.15) is 8.42 Å². The first-order valence-electron chi connectivity index (χ1n) is 6.49. The van der Waals surface area contributed by atoms with Crippen LogP contribution in [0.4, 0.5) is 0 Å². The number of aromatic nitrogens is 1. The van der Waals surface area contributed by atoms with Crippen molar-refractivity contribution in [3.63, 3.8) is 0 Å². The summed E-state index contributed by atoms with van der Waals surface area (Å²) in [6, 6.07) is 7.56. The Morgan fingerprint density at radius 2 is 1.95 bits per heavy atom. The van der Waals surface area contributed by atoms with Gasteiger partial charge in [-0.1, -0.05) is 0 Å². The van der Waals surface area contributed by atoms with Gasteiger partial charge in [0.05, 0.1) is 0 Å². The van der Waals surface area contributed by atoms with E-state index in [4.69, 9.17) is 8.92 Å². The topological polar surface area (TPSA) is 82.6 Å². The fraction of sp³-hybridized carbons (Fsp3) is 0.200. The van der Waals surface area contributed by atoms with Gasteiger partial charge < -0.3 is 8.92 Å². The number of aryl methyl sites for hydroxylation is 1. The number of carbonyl (C=O) groups excluding carboxylic acids is 1. The minimum absolute atomic E-state index is 0.0414. The van der Waals surface area contributed by atoms with Crippen molar-refractivity contribution >= 4 is 16.4 Å². The van der Waals surface area contributed by atoms with Crippen LogP contribution in [0.3, 0.4) is 0 Å². The molecule has 0 spiro atoms. The van der Waals surface area contributed by atoms with E-state index in [-0.39, 0.29) is 10.6 Å². The third-order valence-corrected chi connectivity index (χ3v) is 3.90. The van der Waals surface area contributed by atoms with Crippen LogP contribution in [-0.2, 0) is 14.9 Å². The Balaban J connectivity index is 2.28. The third-order valence-electron chi connectivity index (χ3n) is 2.67. The Kier molecular flexibility index (Phi) is 4.77. The molecule has 0 amide bonds. The van der Waals surface area contributed by atoms with Crippen LogP contribution in [-0.4, -0.2) is 25.8 Å². The molecule has 2 aromatic rings. The van der Waals surface area contributed by atoms with E-state index in [1.165, 1.54) is 30.6 Å². The highest BCUT2D eigenvalue weighted by Crippen LogP contribution is 2.26. The van der Waals surface area contributed by atoms with Crippen LogP contribution in [0.25, 0.3) is 0 Å². The van der Waals surface area contributed by atoms with E-state index < -0.39 is 16.2 Å². The summed E-state index contributed by atoms with van der Waals surface area (Å²) in [7, 11) is -3.97.